The normalized spacial score (nSPS) is 12.8. The van der Waals surface area contributed by atoms with Gasteiger partial charge in [-0.15, -0.1) is 0 Å². The minimum absolute atomic E-state index is 0.751. The number of aldehydes is 1. The monoisotopic (exact) mass is 242 g/mol. The van der Waals surface area contributed by atoms with Gasteiger partial charge >= 0.3 is 0 Å². The van der Waals surface area contributed by atoms with Crippen LogP contribution in [0.25, 0.3) is 11.1 Å². The van der Waals surface area contributed by atoms with Gasteiger partial charge in [0.05, 0.1) is 0 Å². The summed E-state index contributed by atoms with van der Waals surface area (Å²) >= 11 is 6.01. The van der Waals surface area contributed by atoms with E-state index in [2.05, 4.69) is 6.07 Å². The number of hydrogen-bond acceptors (Lipinski definition) is 1. The van der Waals surface area contributed by atoms with E-state index < -0.39 is 0 Å². The van der Waals surface area contributed by atoms with Crippen molar-refractivity contribution in [1.29, 1.82) is 0 Å². The lowest BCUT2D eigenvalue weighted by Gasteiger charge is -2.20. The Morgan fingerprint density at radius 1 is 0.941 bits per heavy atom. The highest BCUT2D eigenvalue weighted by atomic mass is 35.5. The van der Waals surface area contributed by atoms with E-state index in [1.165, 1.54) is 22.3 Å². The van der Waals surface area contributed by atoms with Gasteiger partial charge in [-0.2, -0.15) is 0 Å². The Kier molecular flexibility index (Phi) is 2.49. The van der Waals surface area contributed by atoms with Crippen molar-refractivity contribution in [3.8, 4) is 11.1 Å². The van der Waals surface area contributed by atoms with Crippen molar-refractivity contribution in [2.75, 3.05) is 0 Å². The summed E-state index contributed by atoms with van der Waals surface area (Å²) in [4.78, 5) is 10.8. The van der Waals surface area contributed by atoms with Gasteiger partial charge in [-0.1, -0.05) is 29.8 Å². The molecule has 0 aromatic heterocycles. The predicted octanol–water partition coefficient (Wildman–Crippen LogP) is 3.92. The van der Waals surface area contributed by atoms with Crippen LogP contribution < -0.4 is 0 Å². The zero-order valence-electron chi connectivity index (χ0n) is 9.24. The summed E-state index contributed by atoms with van der Waals surface area (Å²) in [5.41, 5.74) is 5.77. The summed E-state index contributed by atoms with van der Waals surface area (Å²) in [5, 5.41) is 0.789. The zero-order chi connectivity index (χ0) is 11.8. The van der Waals surface area contributed by atoms with Crippen molar-refractivity contribution in [2.45, 2.75) is 12.8 Å². The molecule has 0 aliphatic heterocycles. The molecule has 0 spiro atoms. The molecule has 0 bridgehead atoms. The van der Waals surface area contributed by atoms with E-state index in [0.29, 0.717) is 0 Å². The molecule has 1 nitrogen and oxygen atoms in total. The lowest BCUT2D eigenvalue weighted by Crippen LogP contribution is -2.04. The Balaban J connectivity index is 2.20. The van der Waals surface area contributed by atoms with Gasteiger partial charge < -0.3 is 0 Å². The number of carbonyl (C=O) groups is 1. The van der Waals surface area contributed by atoms with Crippen molar-refractivity contribution in [1.82, 2.24) is 0 Å². The molecule has 0 radical (unpaired) electrons. The average molecular weight is 243 g/mol. The maximum absolute atomic E-state index is 10.8. The van der Waals surface area contributed by atoms with Crippen molar-refractivity contribution < 1.29 is 4.79 Å². The molecular weight excluding hydrogens is 232 g/mol. The van der Waals surface area contributed by atoms with Crippen LogP contribution in [0.4, 0.5) is 0 Å². The first kappa shape index (κ1) is 10.5. The highest BCUT2D eigenvalue weighted by Crippen LogP contribution is 2.35. The number of fused-ring (bicyclic) bond motifs is 3. The van der Waals surface area contributed by atoms with E-state index in [4.69, 9.17) is 11.6 Å². The summed E-state index contributed by atoms with van der Waals surface area (Å²) in [6, 6.07) is 11.9. The number of carbonyl (C=O) groups excluding carboxylic acids is 1. The molecule has 84 valence electrons. The first-order chi connectivity index (χ1) is 8.28. The van der Waals surface area contributed by atoms with Crippen LogP contribution >= 0.6 is 11.6 Å². The van der Waals surface area contributed by atoms with Crippen LogP contribution in [0.15, 0.2) is 36.4 Å². The maximum atomic E-state index is 10.8. The standard InChI is InChI=1S/C15H11ClO/c16-13-4-6-15-12(8-13)3-2-11-7-10(9-17)1-5-14(11)15/h1,4-9H,2-3H2. The third kappa shape index (κ3) is 1.77. The number of halogens is 1. The van der Waals surface area contributed by atoms with Crippen molar-refractivity contribution in [3.63, 3.8) is 0 Å². The fourth-order valence-electron chi connectivity index (χ4n) is 2.46. The molecule has 3 rings (SSSR count). The van der Waals surface area contributed by atoms with E-state index in [1.54, 1.807) is 0 Å². The summed E-state index contributed by atoms with van der Waals surface area (Å²) in [7, 11) is 0. The molecule has 2 aromatic carbocycles. The number of aryl methyl sites for hydroxylation is 2. The Hall–Kier alpha value is -1.60. The highest BCUT2D eigenvalue weighted by Gasteiger charge is 2.16. The number of rotatable bonds is 1. The first-order valence-corrected chi connectivity index (χ1v) is 6.02. The SMILES string of the molecule is O=Cc1ccc2c(c1)CCc1cc(Cl)ccc1-2. The second-order valence-corrected chi connectivity index (χ2v) is 4.77. The minimum atomic E-state index is 0.751. The minimum Gasteiger partial charge on any atom is -0.298 e. The average Bonchev–Trinajstić information content (AvgIpc) is 2.37. The Morgan fingerprint density at radius 2 is 1.59 bits per heavy atom. The summed E-state index contributed by atoms with van der Waals surface area (Å²) < 4.78 is 0. The molecule has 0 saturated carbocycles. The van der Waals surface area contributed by atoms with Gasteiger partial charge in [-0.05, 0) is 53.3 Å². The summed E-state index contributed by atoms with van der Waals surface area (Å²) in [6.07, 6.45) is 2.87. The van der Waals surface area contributed by atoms with Crippen molar-refractivity contribution in [3.05, 3.63) is 58.1 Å². The van der Waals surface area contributed by atoms with E-state index >= 15 is 0 Å². The molecule has 1 aliphatic rings. The van der Waals surface area contributed by atoms with Gasteiger partial charge in [0.15, 0.2) is 0 Å². The van der Waals surface area contributed by atoms with Gasteiger partial charge in [-0.3, -0.25) is 4.79 Å². The third-order valence-electron chi connectivity index (χ3n) is 3.29. The lowest BCUT2D eigenvalue weighted by molar-refractivity contribution is 0.112. The second kappa shape index (κ2) is 4.01. The Bertz CT molecular complexity index is 602. The summed E-state index contributed by atoms with van der Waals surface area (Å²) in [5.74, 6) is 0. The van der Waals surface area contributed by atoms with Crippen LogP contribution in [0.5, 0.6) is 0 Å². The van der Waals surface area contributed by atoms with Crippen LogP contribution in [0.1, 0.15) is 21.5 Å². The van der Waals surface area contributed by atoms with Gasteiger partial charge in [0, 0.05) is 10.6 Å². The molecule has 17 heavy (non-hydrogen) atoms. The predicted molar refractivity (Wildman–Crippen MR) is 69.7 cm³/mol. The Labute approximate surface area is 105 Å². The highest BCUT2D eigenvalue weighted by molar-refractivity contribution is 6.30. The number of benzene rings is 2. The van der Waals surface area contributed by atoms with E-state index in [1.807, 2.05) is 30.3 Å². The third-order valence-corrected chi connectivity index (χ3v) is 3.52. The molecule has 0 heterocycles. The molecule has 0 fully saturated rings. The molecule has 0 unspecified atom stereocenters. The van der Waals surface area contributed by atoms with E-state index in [9.17, 15) is 4.79 Å². The number of hydrogen-bond donors (Lipinski definition) is 0. The quantitative estimate of drug-likeness (QED) is 0.693. The van der Waals surface area contributed by atoms with Crippen LogP contribution in [0.2, 0.25) is 5.02 Å². The molecule has 0 saturated heterocycles. The zero-order valence-corrected chi connectivity index (χ0v) is 10.00. The largest absolute Gasteiger partial charge is 0.298 e. The van der Waals surface area contributed by atoms with Crippen LogP contribution in [-0.2, 0) is 12.8 Å². The topological polar surface area (TPSA) is 17.1 Å². The van der Waals surface area contributed by atoms with Gasteiger partial charge in [0.1, 0.15) is 6.29 Å². The molecule has 0 atom stereocenters. The first-order valence-electron chi connectivity index (χ1n) is 5.65. The second-order valence-electron chi connectivity index (χ2n) is 4.34. The van der Waals surface area contributed by atoms with Crippen LogP contribution in [0, 0.1) is 0 Å². The summed E-state index contributed by atoms with van der Waals surface area (Å²) in [6.45, 7) is 0. The van der Waals surface area contributed by atoms with Crippen LogP contribution in [-0.4, -0.2) is 6.29 Å². The van der Waals surface area contributed by atoms with Gasteiger partial charge in [-0.25, -0.2) is 0 Å². The fourth-order valence-corrected chi connectivity index (χ4v) is 2.65. The van der Waals surface area contributed by atoms with E-state index in [0.717, 1.165) is 29.7 Å². The van der Waals surface area contributed by atoms with Crippen molar-refractivity contribution >= 4 is 17.9 Å². The molecular formula is C15H11ClO. The fraction of sp³-hybridized carbons (Fsp3) is 0.133. The maximum Gasteiger partial charge on any atom is 0.150 e. The van der Waals surface area contributed by atoms with Gasteiger partial charge in [0.25, 0.3) is 0 Å². The lowest BCUT2D eigenvalue weighted by atomic mass is 9.85. The van der Waals surface area contributed by atoms with Gasteiger partial charge in [0.2, 0.25) is 0 Å². The smallest absolute Gasteiger partial charge is 0.150 e. The van der Waals surface area contributed by atoms with E-state index in [-0.39, 0.29) is 0 Å². The molecule has 2 heteroatoms. The molecule has 0 N–H and O–H groups in total. The molecule has 1 aliphatic carbocycles. The molecule has 2 aromatic rings. The van der Waals surface area contributed by atoms with Crippen LogP contribution in [0.3, 0.4) is 0 Å². The Morgan fingerprint density at radius 3 is 2.29 bits per heavy atom. The molecule has 0 amide bonds. The van der Waals surface area contributed by atoms with Crippen molar-refractivity contribution in [2.24, 2.45) is 0 Å².